The van der Waals surface area contributed by atoms with E-state index in [4.69, 9.17) is 9.15 Å². The van der Waals surface area contributed by atoms with E-state index in [1.54, 1.807) is 0 Å². The Balaban J connectivity index is 1.42. The molecule has 0 aliphatic rings. The van der Waals surface area contributed by atoms with Crippen LogP contribution < -0.4 is 10.1 Å². The quantitative estimate of drug-likeness (QED) is 0.441. The summed E-state index contributed by atoms with van der Waals surface area (Å²) in [5.74, 6) is -4.40. The summed E-state index contributed by atoms with van der Waals surface area (Å²) >= 11 is 0. The van der Waals surface area contributed by atoms with Gasteiger partial charge in [-0.15, -0.1) is 0 Å². The molecule has 0 atom stereocenters. The van der Waals surface area contributed by atoms with E-state index in [-0.39, 0.29) is 12.4 Å². The molecule has 1 aromatic heterocycles. The number of carbonyl (C=O) groups excluding carboxylic acids is 1. The molecule has 0 saturated carbocycles. The summed E-state index contributed by atoms with van der Waals surface area (Å²) in [5, 5.41) is 4.26. The number of amides is 1. The van der Waals surface area contributed by atoms with E-state index in [2.05, 4.69) is 5.32 Å². The van der Waals surface area contributed by atoms with Crippen molar-refractivity contribution < 1.29 is 27.1 Å². The maximum absolute atomic E-state index is 13.7. The molecule has 0 spiro atoms. The lowest BCUT2D eigenvalue weighted by atomic mass is 10.1. The molecule has 3 aromatic carbocycles. The van der Waals surface area contributed by atoms with E-state index in [0.717, 1.165) is 22.9 Å². The van der Waals surface area contributed by atoms with Crippen molar-refractivity contribution in [1.82, 2.24) is 0 Å². The summed E-state index contributed by atoms with van der Waals surface area (Å²) in [7, 11) is 0. The van der Waals surface area contributed by atoms with Crippen LogP contribution in [-0.2, 0) is 6.61 Å². The Morgan fingerprint density at radius 2 is 1.69 bits per heavy atom. The molecule has 0 aliphatic carbocycles. The van der Waals surface area contributed by atoms with Crippen LogP contribution in [0.5, 0.6) is 5.75 Å². The van der Waals surface area contributed by atoms with Gasteiger partial charge in [-0.25, -0.2) is 13.2 Å². The molecule has 0 saturated heterocycles. The molecule has 1 N–H and O–H groups in total. The minimum atomic E-state index is -1.66. The number of anilines is 1. The lowest BCUT2D eigenvalue weighted by molar-refractivity contribution is 0.0992. The molecule has 1 amide bonds. The summed E-state index contributed by atoms with van der Waals surface area (Å²) < 4.78 is 51.0. The first-order valence-corrected chi connectivity index (χ1v) is 8.66. The topological polar surface area (TPSA) is 51.5 Å². The van der Waals surface area contributed by atoms with Gasteiger partial charge in [0.05, 0.1) is 5.69 Å². The molecule has 29 heavy (non-hydrogen) atoms. The van der Waals surface area contributed by atoms with Crippen molar-refractivity contribution in [3.63, 3.8) is 0 Å². The minimum absolute atomic E-state index is 0.0746. The van der Waals surface area contributed by atoms with E-state index < -0.39 is 29.0 Å². The van der Waals surface area contributed by atoms with Crippen LogP contribution >= 0.6 is 0 Å². The first kappa shape index (κ1) is 18.6. The number of halogens is 3. The average Bonchev–Trinajstić information content (AvgIpc) is 3.22. The van der Waals surface area contributed by atoms with Crippen LogP contribution in [-0.4, -0.2) is 5.91 Å². The van der Waals surface area contributed by atoms with E-state index in [1.807, 2.05) is 42.5 Å². The summed E-state index contributed by atoms with van der Waals surface area (Å²) in [6, 6.07) is 18.1. The lowest BCUT2D eigenvalue weighted by Crippen LogP contribution is -2.13. The fraction of sp³-hybridized carbons (Fsp3) is 0.0455. The van der Waals surface area contributed by atoms with Crippen molar-refractivity contribution in [3.8, 4) is 5.75 Å². The fourth-order valence-electron chi connectivity index (χ4n) is 2.80. The number of ether oxygens (including phenoxy) is 1. The Bertz CT molecular complexity index is 1200. The van der Waals surface area contributed by atoms with Gasteiger partial charge in [0.2, 0.25) is 0 Å². The first-order valence-electron chi connectivity index (χ1n) is 8.66. The summed E-state index contributed by atoms with van der Waals surface area (Å²) in [6.07, 6.45) is 0. The number of furan rings is 1. The number of hydrogen-bond acceptors (Lipinski definition) is 3. The maximum Gasteiger partial charge on any atom is 0.291 e. The molecule has 1 heterocycles. The van der Waals surface area contributed by atoms with E-state index in [1.165, 1.54) is 12.1 Å². The van der Waals surface area contributed by atoms with E-state index >= 15 is 0 Å². The zero-order valence-corrected chi connectivity index (χ0v) is 14.9. The summed E-state index contributed by atoms with van der Waals surface area (Å²) in [6.45, 7) is 0.0746. The van der Waals surface area contributed by atoms with Crippen molar-refractivity contribution >= 4 is 22.4 Å². The highest BCUT2D eigenvalue weighted by Gasteiger charge is 2.18. The molecule has 0 radical (unpaired) electrons. The molecule has 0 bridgehead atoms. The smallest absolute Gasteiger partial charge is 0.291 e. The van der Waals surface area contributed by atoms with Crippen LogP contribution in [0.25, 0.3) is 10.8 Å². The Labute approximate surface area is 163 Å². The van der Waals surface area contributed by atoms with Gasteiger partial charge in [0.15, 0.2) is 23.2 Å². The van der Waals surface area contributed by atoms with Gasteiger partial charge in [-0.05, 0) is 47.2 Å². The normalized spacial score (nSPS) is 10.9. The second-order valence-corrected chi connectivity index (χ2v) is 6.24. The number of nitrogens with one attached hydrogen (secondary N) is 1. The molecular formula is C22H14F3NO3. The van der Waals surface area contributed by atoms with Gasteiger partial charge >= 0.3 is 0 Å². The Morgan fingerprint density at radius 3 is 2.52 bits per heavy atom. The predicted octanol–water partition coefficient (Wildman–Crippen LogP) is 5.68. The third-order valence-corrected chi connectivity index (χ3v) is 4.27. The van der Waals surface area contributed by atoms with Crippen molar-refractivity contribution in [2.24, 2.45) is 0 Å². The summed E-state index contributed by atoms with van der Waals surface area (Å²) in [5.41, 5.74) is -0.487. The molecule has 4 nitrogen and oxygen atoms in total. The number of rotatable bonds is 5. The van der Waals surface area contributed by atoms with Crippen molar-refractivity contribution in [2.45, 2.75) is 6.61 Å². The van der Waals surface area contributed by atoms with Gasteiger partial charge in [0, 0.05) is 0 Å². The highest BCUT2D eigenvalue weighted by Crippen LogP contribution is 2.23. The van der Waals surface area contributed by atoms with Crippen LogP contribution in [0.1, 0.15) is 16.3 Å². The van der Waals surface area contributed by atoms with Gasteiger partial charge in [-0.1, -0.05) is 30.3 Å². The third-order valence-electron chi connectivity index (χ3n) is 4.27. The monoisotopic (exact) mass is 397 g/mol. The van der Waals surface area contributed by atoms with Crippen molar-refractivity contribution in [3.05, 3.63) is 95.7 Å². The highest BCUT2D eigenvalue weighted by molar-refractivity contribution is 6.02. The number of benzene rings is 3. The van der Waals surface area contributed by atoms with Gasteiger partial charge < -0.3 is 14.5 Å². The van der Waals surface area contributed by atoms with Gasteiger partial charge in [0.25, 0.3) is 5.91 Å². The second kappa shape index (κ2) is 7.71. The SMILES string of the molecule is O=C(Nc1ccc(F)c(F)c1F)c1ccc(COc2ccc3ccccc3c2)o1. The first-order chi connectivity index (χ1) is 14.0. The summed E-state index contributed by atoms with van der Waals surface area (Å²) in [4.78, 5) is 12.2. The Hall–Kier alpha value is -3.74. The highest BCUT2D eigenvalue weighted by atomic mass is 19.2. The van der Waals surface area contributed by atoms with Crippen LogP contribution in [0.3, 0.4) is 0 Å². The van der Waals surface area contributed by atoms with Crippen molar-refractivity contribution in [1.29, 1.82) is 0 Å². The molecular weight excluding hydrogens is 383 g/mol. The van der Waals surface area contributed by atoms with Gasteiger partial charge in [-0.2, -0.15) is 0 Å². The fourth-order valence-corrected chi connectivity index (χ4v) is 2.80. The number of carbonyl (C=O) groups is 1. The second-order valence-electron chi connectivity index (χ2n) is 6.24. The van der Waals surface area contributed by atoms with Gasteiger partial charge in [0.1, 0.15) is 18.1 Å². The standard InChI is InChI=1S/C22H14F3NO3/c23-17-8-9-18(21(25)20(17)24)26-22(27)19-10-7-16(29-19)12-28-15-6-5-13-3-1-2-4-14(13)11-15/h1-11H,12H2,(H,26,27). The zero-order chi connectivity index (χ0) is 20.4. The molecule has 4 aromatic rings. The molecule has 7 heteroatoms. The molecule has 4 rings (SSSR count). The zero-order valence-electron chi connectivity index (χ0n) is 14.9. The number of fused-ring (bicyclic) bond motifs is 1. The molecule has 0 unspecified atom stereocenters. The Morgan fingerprint density at radius 1 is 0.897 bits per heavy atom. The Kier molecular flexibility index (Phi) is 4.95. The minimum Gasteiger partial charge on any atom is -0.486 e. The van der Waals surface area contributed by atoms with Crippen LogP contribution in [0.4, 0.5) is 18.9 Å². The predicted molar refractivity (Wildman–Crippen MR) is 101 cm³/mol. The van der Waals surface area contributed by atoms with Crippen LogP contribution in [0.15, 0.2) is 71.1 Å². The maximum atomic E-state index is 13.7. The molecule has 0 fully saturated rings. The lowest BCUT2D eigenvalue weighted by Gasteiger charge is -2.06. The van der Waals surface area contributed by atoms with E-state index in [0.29, 0.717) is 11.5 Å². The molecule has 146 valence electrons. The molecule has 0 aliphatic heterocycles. The number of hydrogen-bond donors (Lipinski definition) is 1. The van der Waals surface area contributed by atoms with Gasteiger partial charge in [-0.3, -0.25) is 4.79 Å². The van der Waals surface area contributed by atoms with Crippen LogP contribution in [0, 0.1) is 17.5 Å². The van der Waals surface area contributed by atoms with E-state index in [9.17, 15) is 18.0 Å². The van der Waals surface area contributed by atoms with Crippen molar-refractivity contribution in [2.75, 3.05) is 5.32 Å². The third kappa shape index (κ3) is 3.94. The van der Waals surface area contributed by atoms with Crippen LogP contribution in [0.2, 0.25) is 0 Å². The largest absolute Gasteiger partial charge is 0.486 e. The average molecular weight is 397 g/mol.